The van der Waals surface area contributed by atoms with Crippen LogP contribution in [-0.2, 0) is 11.2 Å². The van der Waals surface area contributed by atoms with E-state index < -0.39 is 0 Å². The topological polar surface area (TPSA) is 37.3 Å². The largest absolute Gasteiger partial charge is 0.506 e. The van der Waals surface area contributed by atoms with Crippen molar-refractivity contribution in [1.82, 2.24) is 0 Å². The molecule has 0 radical (unpaired) electrons. The summed E-state index contributed by atoms with van der Waals surface area (Å²) >= 11 is 8.84. The lowest BCUT2D eigenvalue weighted by molar-refractivity contribution is -0.115. The van der Waals surface area contributed by atoms with Gasteiger partial charge in [-0.25, -0.2) is 0 Å². The maximum Gasteiger partial charge on any atom is 0.147 e. The van der Waals surface area contributed by atoms with Gasteiger partial charge in [0.2, 0.25) is 0 Å². The molecule has 0 unspecified atom stereocenters. The highest BCUT2D eigenvalue weighted by Crippen LogP contribution is 2.26. The number of phenols is 1. The third-order valence-corrected chi connectivity index (χ3v) is 2.66. The smallest absolute Gasteiger partial charge is 0.147 e. The van der Waals surface area contributed by atoms with Gasteiger partial charge in [-0.3, -0.25) is 4.79 Å². The molecule has 0 aromatic heterocycles. The molecule has 1 aromatic carbocycles. The average Bonchev–Trinajstić information content (AvgIpc) is 2.13. The number of alkyl halides is 1. The Morgan fingerprint density at radius 2 is 2.23 bits per heavy atom. The third kappa shape index (κ3) is 2.71. The molecule has 1 N–H and O–H groups in total. The van der Waals surface area contributed by atoms with Crippen LogP contribution in [0.4, 0.5) is 0 Å². The van der Waals surface area contributed by atoms with Gasteiger partial charge >= 0.3 is 0 Å². The molecule has 0 saturated heterocycles. The van der Waals surface area contributed by atoms with Crippen molar-refractivity contribution in [3.05, 3.63) is 28.8 Å². The predicted octanol–water partition coefficient (Wildman–Crippen LogP) is 2.55. The van der Waals surface area contributed by atoms with Crippen LogP contribution in [0, 0.1) is 0 Å². The van der Waals surface area contributed by atoms with E-state index in [1.807, 2.05) is 0 Å². The van der Waals surface area contributed by atoms with E-state index in [2.05, 4.69) is 15.9 Å². The molecule has 0 bridgehead atoms. The molecule has 2 nitrogen and oxygen atoms in total. The molecule has 0 fully saturated rings. The summed E-state index contributed by atoms with van der Waals surface area (Å²) in [7, 11) is 0. The first-order valence-electron chi connectivity index (χ1n) is 3.69. The second-order valence-electron chi connectivity index (χ2n) is 2.60. The molecular formula is C9H8BrClO2. The molecule has 0 aliphatic rings. The van der Waals surface area contributed by atoms with E-state index in [0.29, 0.717) is 10.9 Å². The Labute approximate surface area is 89.7 Å². The fourth-order valence-electron chi connectivity index (χ4n) is 0.962. The SMILES string of the molecule is O=C(CBr)Cc1cccc(O)c1Cl. The molecule has 1 rings (SSSR count). The minimum atomic E-state index is 0.0153. The molecule has 1 aromatic rings. The number of hydrogen-bond donors (Lipinski definition) is 1. The molecule has 0 amide bonds. The summed E-state index contributed by atoms with van der Waals surface area (Å²) < 4.78 is 0. The van der Waals surface area contributed by atoms with E-state index in [9.17, 15) is 9.90 Å². The fourth-order valence-corrected chi connectivity index (χ4v) is 1.35. The van der Waals surface area contributed by atoms with Crippen LogP contribution in [0.1, 0.15) is 5.56 Å². The summed E-state index contributed by atoms with van der Waals surface area (Å²) in [5, 5.41) is 9.80. The van der Waals surface area contributed by atoms with Crippen molar-refractivity contribution in [2.45, 2.75) is 6.42 Å². The Morgan fingerprint density at radius 3 is 2.85 bits per heavy atom. The molecule has 4 heteroatoms. The molecule has 0 aliphatic heterocycles. The van der Waals surface area contributed by atoms with Crippen LogP contribution in [0.5, 0.6) is 5.75 Å². The number of ketones is 1. The van der Waals surface area contributed by atoms with Crippen LogP contribution in [0.25, 0.3) is 0 Å². The van der Waals surface area contributed by atoms with Gasteiger partial charge in [0.15, 0.2) is 0 Å². The fraction of sp³-hybridized carbons (Fsp3) is 0.222. The van der Waals surface area contributed by atoms with Crippen molar-refractivity contribution in [1.29, 1.82) is 0 Å². The molecule has 0 spiro atoms. The van der Waals surface area contributed by atoms with Crippen LogP contribution in [0.15, 0.2) is 18.2 Å². The quantitative estimate of drug-likeness (QED) is 0.851. The van der Waals surface area contributed by atoms with Gasteiger partial charge < -0.3 is 5.11 Å². The van der Waals surface area contributed by atoms with E-state index in [0.717, 1.165) is 0 Å². The van der Waals surface area contributed by atoms with Crippen molar-refractivity contribution in [3.63, 3.8) is 0 Å². The van der Waals surface area contributed by atoms with Crippen LogP contribution >= 0.6 is 27.5 Å². The number of carbonyl (C=O) groups is 1. The van der Waals surface area contributed by atoms with E-state index in [4.69, 9.17) is 11.6 Å². The zero-order chi connectivity index (χ0) is 9.84. The first-order valence-corrected chi connectivity index (χ1v) is 5.19. The molecule has 0 atom stereocenters. The monoisotopic (exact) mass is 262 g/mol. The van der Waals surface area contributed by atoms with Crippen molar-refractivity contribution < 1.29 is 9.90 Å². The number of hydrogen-bond acceptors (Lipinski definition) is 2. The maximum atomic E-state index is 11.1. The second kappa shape index (κ2) is 4.63. The standard InChI is InChI=1S/C9H8BrClO2/c10-5-7(12)4-6-2-1-3-8(13)9(6)11/h1-3,13H,4-5H2. The van der Waals surface area contributed by atoms with Crippen molar-refractivity contribution in [3.8, 4) is 5.75 Å². The van der Waals surface area contributed by atoms with Crippen molar-refractivity contribution in [2.75, 3.05) is 5.33 Å². The summed E-state index contributed by atoms with van der Waals surface area (Å²) in [6, 6.07) is 4.88. The zero-order valence-electron chi connectivity index (χ0n) is 6.76. The highest BCUT2D eigenvalue weighted by molar-refractivity contribution is 9.09. The number of halogens is 2. The Bertz CT molecular complexity index is 325. The van der Waals surface area contributed by atoms with Gasteiger partial charge in [0.05, 0.1) is 10.4 Å². The summed E-state index contributed by atoms with van der Waals surface area (Å²) in [6.45, 7) is 0. The molecule has 13 heavy (non-hydrogen) atoms. The minimum absolute atomic E-state index is 0.0153. The third-order valence-electron chi connectivity index (χ3n) is 1.59. The van der Waals surface area contributed by atoms with E-state index in [-0.39, 0.29) is 23.0 Å². The highest BCUT2D eigenvalue weighted by Gasteiger charge is 2.08. The summed E-state index contributed by atoms with van der Waals surface area (Å²) in [5.74, 6) is 0.0500. The van der Waals surface area contributed by atoms with Gasteiger partial charge in [-0.05, 0) is 11.6 Å². The highest BCUT2D eigenvalue weighted by atomic mass is 79.9. The molecular weight excluding hydrogens is 255 g/mol. The normalized spacial score (nSPS) is 10.0. The molecule has 70 valence electrons. The van der Waals surface area contributed by atoms with E-state index in [1.54, 1.807) is 12.1 Å². The molecule has 0 saturated carbocycles. The van der Waals surface area contributed by atoms with Gasteiger partial charge in [-0.15, -0.1) is 0 Å². The number of carbonyl (C=O) groups excluding carboxylic acids is 1. The predicted molar refractivity (Wildman–Crippen MR) is 55.6 cm³/mol. The molecule has 0 heterocycles. The van der Waals surface area contributed by atoms with Gasteiger partial charge in [-0.2, -0.15) is 0 Å². The van der Waals surface area contributed by atoms with E-state index >= 15 is 0 Å². The van der Waals surface area contributed by atoms with E-state index in [1.165, 1.54) is 6.07 Å². The Balaban J connectivity index is 2.89. The average molecular weight is 264 g/mol. The Kier molecular flexibility index (Phi) is 3.75. The van der Waals surface area contributed by atoms with Crippen LogP contribution in [0.2, 0.25) is 5.02 Å². The summed E-state index contributed by atoms with van der Waals surface area (Å²) in [6.07, 6.45) is 0.248. The van der Waals surface area contributed by atoms with Gasteiger partial charge in [0.25, 0.3) is 0 Å². The number of benzene rings is 1. The number of rotatable bonds is 3. The first kappa shape index (κ1) is 10.5. The Hall–Kier alpha value is -0.540. The number of aromatic hydroxyl groups is 1. The van der Waals surface area contributed by atoms with Crippen molar-refractivity contribution in [2.24, 2.45) is 0 Å². The lowest BCUT2D eigenvalue weighted by atomic mass is 10.1. The number of Topliss-reactive ketones (excluding diaryl/α,β-unsaturated/α-hetero) is 1. The van der Waals surface area contributed by atoms with Crippen LogP contribution in [-0.4, -0.2) is 16.2 Å². The van der Waals surface area contributed by atoms with Gasteiger partial charge in [0.1, 0.15) is 11.5 Å². The second-order valence-corrected chi connectivity index (χ2v) is 3.54. The van der Waals surface area contributed by atoms with Crippen LogP contribution in [0.3, 0.4) is 0 Å². The summed E-state index contributed by atoms with van der Waals surface area (Å²) in [4.78, 5) is 11.1. The van der Waals surface area contributed by atoms with Gasteiger partial charge in [0, 0.05) is 6.42 Å². The zero-order valence-corrected chi connectivity index (χ0v) is 9.10. The minimum Gasteiger partial charge on any atom is -0.506 e. The van der Waals surface area contributed by atoms with Gasteiger partial charge in [-0.1, -0.05) is 39.7 Å². The maximum absolute atomic E-state index is 11.1. The summed E-state index contributed by atoms with van der Waals surface area (Å²) in [5.41, 5.74) is 0.658. The Morgan fingerprint density at radius 1 is 1.54 bits per heavy atom. The first-order chi connectivity index (χ1) is 6.15. The van der Waals surface area contributed by atoms with Crippen molar-refractivity contribution >= 4 is 33.3 Å². The lowest BCUT2D eigenvalue weighted by Crippen LogP contribution is -2.03. The number of phenolic OH excluding ortho intramolecular Hbond substituents is 1. The lowest BCUT2D eigenvalue weighted by Gasteiger charge is -2.03. The molecule has 0 aliphatic carbocycles. The van der Waals surface area contributed by atoms with Crippen LogP contribution < -0.4 is 0 Å².